The number of hydrazine groups is 1. The molecule has 2 aliphatic rings. The van der Waals surface area contributed by atoms with Crippen LogP contribution in [0.3, 0.4) is 0 Å². The Labute approximate surface area is 174 Å². The van der Waals surface area contributed by atoms with Gasteiger partial charge in [0.25, 0.3) is 5.84 Å². The van der Waals surface area contributed by atoms with E-state index in [-0.39, 0.29) is 23.0 Å². The number of methoxy groups -OCH3 is 1. The second-order valence-corrected chi connectivity index (χ2v) is 6.28. The van der Waals surface area contributed by atoms with E-state index in [0.717, 1.165) is 0 Å². The lowest BCUT2D eigenvalue weighted by molar-refractivity contribution is -0.671. The molecule has 1 saturated heterocycles. The van der Waals surface area contributed by atoms with Crippen LogP contribution in [0.5, 0.6) is 11.7 Å². The first kappa shape index (κ1) is 18.4. The number of azo groups is 1. The molecule has 1 fully saturated rings. The van der Waals surface area contributed by atoms with Gasteiger partial charge < -0.3 is 19.2 Å². The Morgan fingerprint density at radius 2 is 1.87 bits per heavy atom. The maximum Gasteiger partial charge on any atom is 0.380 e. The molecule has 0 saturated carbocycles. The number of hydrogen-bond donors (Lipinski definition) is 1. The highest BCUT2D eigenvalue weighted by Crippen LogP contribution is 2.28. The van der Waals surface area contributed by atoms with Crippen molar-refractivity contribution in [3.05, 3.63) is 71.8 Å². The summed E-state index contributed by atoms with van der Waals surface area (Å²) in [6.45, 7) is 0. The number of nitrogens with one attached hydrogen (secondary N) is 1. The maximum atomic E-state index is 12.3. The van der Waals surface area contributed by atoms with Gasteiger partial charge in [0.1, 0.15) is 5.75 Å². The minimum Gasteiger partial charge on any atom is -0.539 e. The topological polar surface area (TPSA) is 141 Å². The molecule has 0 unspecified atom stereocenters. The third-order valence-electron chi connectivity index (χ3n) is 4.46. The van der Waals surface area contributed by atoms with Crippen molar-refractivity contribution in [2.24, 2.45) is 15.2 Å². The molecule has 0 spiro atoms. The van der Waals surface area contributed by atoms with E-state index in [2.05, 4.69) is 26.1 Å². The molecular formula is C19H13N7O5. The van der Waals surface area contributed by atoms with Crippen molar-refractivity contribution in [2.45, 2.75) is 0 Å². The average molecular weight is 419 g/mol. The highest BCUT2D eigenvalue weighted by molar-refractivity contribution is 6.01. The van der Waals surface area contributed by atoms with Crippen molar-refractivity contribution in [3.63, 3.8) is 0 Å². The summed E-state index contributed by atoms with van der Waals surface area (Å²) in [6.07, 6.45) is 0. The van der Waals surface area contributed by atoms with Gasteiger partial charge in [-0.3, -0.25) is 0 Å². The molecule has 3 heterocycles. The van der Waals surface area contributed by atoms with Crippen LogP contribution >= 0.6 is 0 Å². The van der Waals surface area contributed by atoms with Gasteiger partial charge in [0, 0.05) is 12.1 Å². The molecule has 5 rings (SSSR count). The van der Waals surface area contributed by atoms with Crippen molar-refractivity contribution in [1.82, 2.24) is 10.9 Å². The van der Waals surface area contributed by atoms with Gasteiger partial charge in [0.2, 0.25) is 11.5 Å². The number of anilines is 1. The number of carbonyl (C=O) groups is 1. The molecular weight excluding hydrogens is 406 g/mol. The van der Waals surface area contributed by atoms with Crippen molar-refractivity contribution in [1.29, 1.82) is 0 Å². The smallest absolute Gasteiger partial charge is 0.380 e. The molecule has 2 aliphatic heterocycles. The molecule has 1 N–H and O–H groups in total. The van der Waals surface area contributed by atoms with Gasteiger partial charge in [0.05, 0.1) is 18.1 Å². The number of amidine groups is 1. The van der Waals surface area contributed by atoms with E-state index in [0.29, 0.717) is 17.1 Å². The Balaban J connectivity index is 1.56. The number of hydrogen-bond acceptors (Lipinski definition) is 11. The minimum atomic E-state index is -0.758. The quantitative estimate of drug-likeness (QED) is 0.486. The van der Waals surface area contributed by atoms with Crippen molar-refractivity contribution < 1.29 is 28.7 Å². The van der Waals surface area contributed by atoms with Crippen LogP contribution in [-0.4, -0.2) is 24.2 Å². The molecule has 1 aromatic heterocycles. The summed E-state index contributed by atoms with van der Waals surface area (Å²) in [7, 11) is 1.55. The largest absolute Gasteiger partial charge is 0.539 e. The van der Waals surface area contributed by atoms with Crippen LogP contribution in [0.15, 0.2) is 85.9 Å². The number of benzene rings is 2. The molecule has 154 valence electrons. The third kappa shape index (κ3) is 3.16. The van der Waals surface area contributed by atoms with Crippen molar-refractivity contribution in [2.75, 3.05) is 12.1 Å². The molecule has 0 aliphatic carbocycles. The number of nitrogens with zero attached hydrogens (tertiary/aromatic N) is 6. The minimum absolute atomic E-state index is 0.0184. The molecule has 0 bridgehead atoms. The van der Waals surface area contributed by atoms with Crippen LogP contribution in [0.4, 0.5) is 5.69 Å². The van der Waals surface area contributed by atoms with Crippen LogP contribution in [0, 0.1) is 0 Å². The van der Waals surface area contributed by atoms with Crippen LogP contribution in [0.2, 0.25) is 0 Å². The standard InChI is InChI=1S/C19H13N7O5/c1-29-13-9-7-12(8-10-13)26-15(19(28)31-24-26)17-20-16(21-22-17)14-18(27)30-23-25(14)11-5-3-2-4-6-11/h2-10H,1H3,(H-,20,23,24,27,28). The second kappa shape index (κ2) is 7.35. The Kier molecular flexibility index (Phi) is 4.37. The van der Waals surface area contributed by atoms with Crippen LogP contribution in [-0.2, 0) is 9.63 Å². The van der Waals surface area contributed by atoms with Gasteiger partial charge >= 0.3 is 11.7 Å². The van der Waals surface area contributed by atoms with E-state index in [1.807, 2.05) is 6.07 Å². The Morgan fingerprint density at radius 1 is 1.10 bits per heavy atom. The van der Waals surface area contributed by atoms with Crippen LogP contribution in [0.25, 0.3) is 5.69 Å². The van der Waals surface area contributed by atoms with Gasteiger partial charge in [-0.15, -0.1) is 10.2 Å². The monoisotopic (exact) mass is 419 g/mol. The first-order chi connectivity index (χ1) is 15.2. The molecule has 12 nitrogen and oxygen atoms in total. The highest BCUT2D eigenvalue weighted by Gasteiger charge is 2.36. The summed E-state index contributed by atoms with van der Waals surface area (Å²) in [6, 6.07) is 15.7. The zero-order valence-corrected chi connectivity index (χ0v) is 15.9. The summed E-state index contributed by atoms with van der Waals surface area (Å²) >= 11 is 0. The average Bonchev–Trinajstić information content (AvgIpc) is 3.52. The van der Waals surface area contributed by atoms with Gasteiger partial charge in [-0.05, 0) is 28.9 Å². The number of carbonyl (C=O) groups excluding carboxylic acids is 1. The van der Waals surface area contributed by atoms with E-state index in [1.54, 1.807) is 55.6 Å². The number of aliphatic imine (C=N–C) groups is 1. The SMILES string of the molecule is COc1ccc(-[n+]2noc([O-])c2C2=N/C(=C3\C(=O)ONN3c3ccccc3)N=N2)cc1. The molecule has 31 heavy (non-hydrogen) atoms. The fourth-order valence-electron chi connectivity index (χ4n) is 3.00. The van der Waals surface area contributed by atoms with E-state index in [9.17, 15) is 9.90 Å². The lowest BCUT2D eigenvalue weighted by Crippen LogP contribution is -2.38. The second-order valence-electron chi connectivity index (χ2n) is 6.28. The van der Waals surface area contributed by atoms with Crippen molar-refractivity contribution >= 4 is 17.5 Å². The molecule has 2 aromatic carbocycles. The third-order valence-corrected chi connectivity index (χ3v) is 4.46. The van der Waals surface area contributed by atoms with Crippen LogP contribution in [0.1, 0.15) is 5.69 Å². The van der Waals surface area contributed by atoms with E-state index in [1.165, 1.54) is 9.69 Å². The lowest BCUT2D eigenvalue weighted by Gasteiger charge is -2.14. The predicted molar refractivity (Wildman–Crippen MR) is 101 cm³/mol. The Bertz CT molecular complexity index is 1250. The molecule has 12 heteroatoms. The van der Waals surface area contributed by atoms with Gasteiger partial charge in [-0.25, -0.2) is 9.80 Å². The summed E-state index contributed by atoms with van der Waals surface area (Å²) in [5.41, 5.74) is 3.62. The fraction of sp³-hybridized carbons (Fsp3) is 0.0526. The zero-order chi connectivity index (χ0) is 21.4. The normalized spacial score (nSPS) is 17.8. The maximum absolute atomic E-state index is 12.3. The first-order valence-electron chi connectivity index (χ1n) is 8.96. The van der Waals surface area contributed by atoms with E-state index >= 15 is 0 Å². The summed E-state index contributed by atoms with van der Waals surface area (Å²) in [4.78, 5) is 21.5. The lowest BCUT2D eigenvalue weighted by atomic mass is 10.3. The molecule has 0 radical (unpaired) electrons. The van der Waals surface area contributed by atoms with E-state index in [4.69, 9.17) is 14.1 Å². The fourth-order valence-corrected chi connectivity index (χ4v) is 3.00. The van der Waals surface area contributed by atoms with Gasteiger partial charge in [0.15, 0.2) is 11.6 Å². The van der Waals surface area contributed by atoms with Crippen LogP contribution < -0.4 is 25.1 Å². The number of ether oxygens (including phenoxy) is 1. The Hall–Kier alpha value is -4.58. The number of aromatic nitrogens is 2. The zero-order valence-electron chi connectivity index (χ0n) is 15.9. The highest BCUT2D eigenvalue weighted by atomic mass is 16.7. The molecule has 0 amide bonds. The predicted octanol–water partition coefficient (Wildman–Crippen LogP) is 0.898. The molecule has 0 atom stereocenters. The Morgan fingerprint density at radius 3 is 2.61 bits per heavy atom. The summed E-state index contributed by atoms with van der Waals surface area (Å²) in [5, 5.41) is 25.4. The van der Waals surface area contributed by atoms with E-state index < -0.39 is 11.9 Å². The number of para-hydroxylation sites is 1. The van der Waals surface area contributed by atoms with Gasteiger partial charge in [-0.1, -0.05) is 23.8 Å². The van der Waals surface area contributed by atoms with Gasteiger partial charge in [-0.2, -0.15) is 4.99 Å². The van der Waals surface area contributed by atoms with Crippen molar-refractivity contribution in [3.8, 4) is 17.4 Å². The first-order valence-corrected chi connectivity index (χ1v) is 8.96. The summed E-state index contributed by atoms with van der Waals surface area (Å²) in [5.74, 6) is -0.909. The molecule has 3 aromatic rings. The number of rotatable bonds is 4. The summed E-state index contributed by atoms with van der Waals surface area (Å²) < 4.78 is 11.2.